The average Bonchev–Trinajstić information content (AvgIpc) is 3.00. The third-order valence-electron chi connectivity index (χ3n) is 5.04. The summed E-state index contributed by atoms with van der Waals surface area (Å²) in [6, 6.07) is 2.78. The zero-order valence-electron chi connectivity index (χ0n) is 14.5. The van der Waals surface area contributed by atoms with E-state index in [1.54, 1.807) is 7.11 Å². The highest BCUT2D eigenvalue weighted by Gasteiger charge is 2.28. The SMILES string of the molecule is COc1cc(C)c(CN2CCC(N3CCNCC3)C2)c(C)n1.Cl. The molecule has 6 heteroatoms. The summed E-state index contributed by atoms with van der Waals surface area (Å²) in [6.45, 7) is 12.3. The molecule has 0 spiro atoms. The summed E-state index contributed by atoms with van der Waals surface area (Å²) in [6.07, 6.45) is 1.29. The fourth-order valence-electron chi connectivity index (χ4n) is 3.69. The van der Waals surface area contributed by atoms with Crippen molar-refractivity contribution >= 4 is 12.4 Å². The minimum Gasteiger partial charge on any atom is -0.481 e. The number of pyridine rings is 1. The Morgan fingerprint density at radius 2 is 2.00 bits per heavy atom. The van der Waals surface area contributed by atoms with Crippen LogP contribution in [0, 0.1) is 13.8 Å². The first-order chi connectivity index (χ1) is 10.7. The Bertz CT molecular complexity index is 496. The number of hydrogen-bond acceptors (Lipinski definition) is 5. The van der Waals surface area contributed by atoms with Gasteiger partial charge in [-0.3, -0.25) is 9.80 Å². The molecule has 3 heterocycles. The first-order valence-corrected chi connectivity index (χ1v) is 8.35. The minimum atomic E-state index is 0. The van der Waals surface area contributed by atoms with E-state index >= 15 is 0 Å². The van der Waals surface area contributed by atoms with Crippen LogP contribution in [0.25, 0.3) is 0 Å². The number of halogens is 1. The number of likely N-dealkylation sites (tertiary alicyclic amines) is 1. The molecule has 23 heavy (non-hydrogen) atoms. The number of piperazine rings is 1. The molecular formula is C17H29ClN4O. The molecule has 0 saturated carbocycles. The van der Waals surface area contributed by atoms with Gasteiger partial charge in [0.05, 0.1) is 7.11 Å². The summed E-state index contributed by atoms with van der Waals surface area (Å²) >= 11 is 0. The molecule has 0 bridgehead atoms. The molecule has 1 N–H and O–H groups in total. The maximum absolute atomic E-state index is 5.26. The first kappa shape index (κ1) is 18.5. The highest BCUT2D eigenvalue weighted by molar-refractivity contribution is 5.85. The largest absolute Gasteiger partial charge is 0.481 e. The van der Waals surface area contributed by atoms with Gasteiger partial charge in [-0.25, -0.2) is 4.98 Å². The minimum absolute atomic E-state index is 0. The van der Waals surface area contributed by atoms with E-state index < -0.39 is 0 Å². The summed E-state index contributed by atoms with van der Waals surface area (Å²) in [5.41, 5.74) is 3.75. The number of aromatic nitrogens is 1. The molecule has 130 valence electrons. The van der Waals surface area contributed by atoms with Gasteiger partial charge < -0.3 is 10.1 Å². The van der Waals surface area contributed by atoms with Gasteiger partial charge in [0.1, 0.15) is 0 Å². The van der Waals surface area contributed by atoms with Crippen LogP contribution in [0.1, 0.15) is 23.2 Å². The normalized spacial score (nSPS) is 22.8. The number of ether oxygens (including phenoxy) is 1. The Labute approximate surface area is 145 Å². The lowest BCUT2D eigenvalue weighted by Gasteiger charge is -2.32. The molecule has 2 aliphatic rings. The Hall–Kier alpha value is -0.880. The maximum atomic E-state index is 5.26. The second kappa shape index (κ2) is 8.29. The summed E-state index contributed by atoms with van der Waals surface area (Å²) in [5, 5.41) is 3.44. The van der Waals surface area contributed by atoms with Crippen molar-refractivity contribution in [3.05, 3.63) is 22.9 Å². The molecule has 2 aliphatic heterocycles. The van der Waals surface area contributed by atoms with E-state index in [0.29, 0.717) is 0 Å². The molecular weight excluding hydrogens is 312 g/mol. The lowest BCUT2D eigenvalue weighted by atomic mass is 10.1. The van der Waals surface area contributed by atoms with Gasteiger partial charge >= 0.3 is 0 Å². The number of nitrogens with zero attached hydrogens (tertiary/aromatic N) is 3. The summed E-state index contributed by atoms with van der Waals surface area (Å²) < 4.78 is 5.26. The summed E-state index contributed by atoms with van der Waals surface area (Å²) in [5.74, 6) is 0.721. The van der Waals surface area contributed by atoms with Crippen LogP contribution >= 0.6 is 12.4 Å². The molecule has 0 aromatic carbocycles. The quantitative estimate of drug-likeness (QED) is 0.901. The monoisotopic (exact) mass is 340 g/mol. The van der Waals surface area contributed by atoms with Gasteiger partial charge in [0.2, 0.25) is 5.88 Å². The second-order valence-electron chi connectivity index (χ2n) is 6.51. The second-order valence-corrected chi connectivity index (χ2v) is 6.51. The number of aryl methyl sites for hydroxylation is 2. The zero-order valence-corrected chi connectivity index (χ0v) is 15.3. The van der Waals surface area contributed by atoms with Crippen molar-refractivity contribution in [3.63, 3.8) is 0 Å². The van der Waals surface area contributed by atoms with Crippen LogP contribution in [0.2, 0.25) is 0 Å². The van der Waals surface area contributed by atoms with Crippen molar-refractivity contribution in [1.82, 2.24) is 20.1 Å². The van der Waals surface area contributed by atoms with Gasteiger partial charge in [0.15, 0.2) is 0 Å². The highest BCUT2D eigenvalue weighted by atomic mass is 35.5. The smallest absolute Gasteiger partial charge is 0.213 e. The molecule has 2 fully saturated rings. The number of hydrogen-bond donors (Lipinski definition) is 1. The zero-order chi connectivity index (χ0) is 15.5. The van der Waals surface area contributed by atoms with Crippen molar-refractivity contribution in [2.24, 2.45) is 0 Å². The van der Waals surface area contributed by atoms with Crippen molar-refractivity contribution in [2.45, 2.75) is 32.9 Å². The molecule has 1 aromatic rings. The Morgan fingerprint density at radius 3 is 2.65 bits per heavy atom. The predicted octanol–water partition coefficient (Wildman–Crippen LogP) is 1.61. The molecule has 0 amide bonds. The Balaban J connectivity index is 0.00000192. The number of rotatable bonds is 4. The van der Waals surface area contributed by atoms with Crippen molar-refractivity contribution < 1.29 is 4.74 Å². The molecule has 1 atom stereocenters. The van der Waals surface area contributed by atoms with E-state index in [0.717, 1.165) is 37.3 Å². The van der Waals surface area contributed by atoms with Crippen LogP contribution in [0.4, 0.5) is 0 Å². The maximum Gasteiger partial charge on any atom is 0.213 e. The molecule has 0 radical (unpaired) electrons. The van der Waals surface area contributed by atoms with Crippen LogP contribution in [-0.4, -0.2) is 67.2 Å². The Kier molecular flexibility index (Phi) is 6.65. The number of nitrogens with one attached hydrogen (secondary N) is 1. The highest BCUT2D eigenvalue weighted by Crippen LogP contribution is 2.23. The lowest BCUT2D eigenvalue weighted by Crippen LogP contribution is -2.49. The number of methoxy groups -OCH3 is 1. The van der Waals surface area contributed by atoms with E-state index in [4.69, 9.17) is 4.74 Å². The van der Waals surface area contributed by atoms with Crippen LogP contribution < -0.4 is 10.1 Å². The molecule has 2 saturated heterocycles. The van der Waals surface area contributed by atoms with E-state index in [2.05, 4.69) is 33.9 Å². The molecule has 5 nitrogen and oxygen atoms in total. The van der Waals surface area contributed by atoms with Gasteiger partial charge in [-0.05, 0) is 31.4 Å². The van der Waals surface area contributed by atoms with E-state index in [1.165, 1.54) is 43.7 Å². The fourth-order valence-corrected chi connectivity index (χ4v) is 3.69. The topological polar surface area (TPSA) is 40.6 Å². The third-order valence-corrected chi connectivity index (χ3v) is 5.04. The van der Waals surface area contributed by atoms with Crippen molar-refractivity contribution in [2.75, 3.05) is 46.4 Å². The first-order valence-electron chi connectivity index (χ1n) is 8.35. The van der Waals surface area contributed by atoms with Crippen LogP contribution in [0.5, 0.6) is 5.88 Å². The van der Waals surface area contributed by atoms with Gasteiger partial charge in [-0.15, -0.1) is 12.4 Å². The molecule has 3 rings (SSSR count). The standard InChI is InChI=1S/C17H28N4O.ClH/c1-13-10-17(22-3)19-14(2)16(13)12-20-7-4-15(11-20)21-8-5-18-6-9-21;/h10,15,18H,4-9,11-12H2,1-3H3;1H. The predicted molar refractivity (Wildman–Crippen MR) is 95.6 cm³/mol. The van der Waals surface area contributed by atoms with Crippen LogP contribution in [0.3, 0.4) is 0 Å². The summed E-state index contributed by atoms with van der Waals surface area (Å²) in [7, 11) is 1.68. The fraction of sp³-hybridized carbons (Fsp3) is 0.706. The van der Waals surface area contributed by atoms with E-state index in [1.807, 2.05) is 6.07 Å². The van der Waals surface area contributed by atoms with E-state index in [9.17, 15) is 0 Å². The van der Waals surface area contributed by atoms with Crippen molar-refractivity contribution in [3.8, 4) is 5.88 Å². The van der Waals surface area contributed by atoms with Gasteiger partial charge in [0, 0.05) is 63.6 Å². The van der Waals surface area contributed by atoms with E-state index in [-0.39, 0.29) is 12.4 Å². The van der Waals surface area contributed by atoms with Crippen molar-refractivity contribution in [1.29, 1.82) is 0 Å². The molecule has 0 aliphatic carbocycles. The van der Waals surface area contributed by atoms with Crippen LogP contribution in [0.15, 0.2) is 6.07 Å². The molecule has 1 unspecified atom stereocenters. The van der Waals surface area contributed by atoms with Crippen LogP contribution in [-0.2, 0) is 6.54 Å². The summed E-state index contributed by atoms with van der Waals surface area (Å²) in [4.78, 5) is 9.77. The lowest BCUT2D eigenvalue weighted by molar-refractivity contribution is 0.170. The van der Waals surface area contributed by atoms with Gasteiger partial charge in [0.25, 0.3) is 0 Å². The van der Waals surface area contributed by atoms with Gasteiger partial charge in [-0.2, -0.15) is 0 Å². The average molecular weight is 341 g/mol. The Morgan fingerprint density at radius 1 is 1.26 bits per heavy atom. The van der Waals surface area contributed by atoms with Gasteiger partial charge in [-0.1, -0.05) is 0 Å². The third kappa shape index (κ3) is 4.35. The molecule has 1 aromatic heterocycles.